The number of carbonyl (C=O) groups excluding carboxylic acids is 2. The molecule has 0 saturated carbocycles. The Bertz CT molecular complexity index is 1060. The Balaban J connectivity index is 1.06. The summed E-state index contributed by atoms with van der Waals surface area (Å²) in [5, 5.41) is 6.03. The van der Waals surface area contributed by atoms with Gasteiger partial charge in [-0.25, -0.2) is 14.8 Å². The highest BCUT2D eigenvalue weighted by molar-refractivity contribution is 7.09. The molecule has 5 rings (SSSR count). The highest BCUT2D eigenvalue weighted by Crippen LogP contribution is 2.31. The molecule has 2 fully saturated rings. The van der Waals surface area contributed by atoms with Crippen LogP contribution in [0.25, 0.3) is 0 Å². The second-order valence-electron chi connectivity index (χ2n) is 9.89. The molecule has 3 aliphatic rings. The van der Waals surface area contributed by atoms with Gasteiger partial charge in [0.1, 0.15) is 11.5 Å². The van der Waals surface area contributed by atoms with Gasteiger partial charge in [-0.1, -0.05) is 17.7 Å². The van der Waals surface area contributed by atoms with Crippen molar-refractivity contribution in [3.05, 3.63) is 52.1 Å². The van der Waals surface area contributed by atoms with Crippen molar-refractivity contribution in [1.82, 2.24) is 25.1 Å². The van der Waals surface area contributed by atoms with Gasteiger partial charge in [0.05, 0.1) is 5.01 Å². The van der Waals surface area contributed by atoms with E-state index in [0.29, 0.717) is 24.7 Å². The van der Waals surface area contributed by atoms with E-state index in [1.165, 1.54) is 31.3 Å². The Morgan fingerprint density at radius 3 is 2.58 bits per heavy atom. The highest BCUT2D eigenvalue weighted by atomic mass is 32.1. The highest BCUT2D eigenvalue weighted by Gasteiger charge is 2.28. The van der Waals surface area contributed by atoms with E-state index in [1.807, 2.05) is 33.4 Å². The van der Waals surface area contributed by atoms with Gasteiger partial charge in [0, 0.05) is 63.3 Å². The third-order valence-corrected chi connectivity index (χ3v) is 8.53. The molecule has 2 aromatic heterocycles. The summed E-state index contributed by atoms with van der Waals surface area (Å²) in [6.07, 6.45) is 11.8. The van der Waals surface area contributed by atoms with Crippen molar-refractivity contribution in [2.24, 2.45) is 0 Å². The molecule has 4 heterocycles. The van der Waals surface area contributed by atoms with Crippen LogP contribution in [0.4, 0.5) is 10.6 Å². The minimum atomic E-state index is 0.0167. The second kappa shape index (κ2) is 11.9. The normalized spacial score (nSPS) is 19.2. The van der Waals surface area contributed by atoms with Gasteiger partial charge in [-0.05, 0) is 57.1 Å². The molecular formula is C27H36N6O2S. The number of hydrogen-bond donors (Lipinski definition) is 1. The lowest BCUT2D eigenvalue weighted by Crippen LogP contribution is -2.49. The van der Waals surface area contributed by atoms with Crippen LogP contribution in [0.15, 0.2) is 41.4 Å². The molecule has 0 bridgehead atoms. The van der Waals surface area contributed by atoms with E-state index in [1.54, 1.807) is 17.5 Å². The Morgan fingerprint density at radius 1 is 1.03 bits per heavy atom. The number of aromatic nitrogens is 2. The van der Waals surface area contributed by atoms with Crippen molar-refractivity contribution >= 4 is 29.1 Å². The second-order valence-corrected chi connectivity index (χ2v) is 10.8. The number of allylic oxidation sites excluding steroid dienone is 1. The van der Waals surface area contributed by atoms with Crippen LogP contribution in [-0.4, -0.2) is 77.5 Å². The molecule has 0 radical (unpaired) electrons. The number of carbonyl (C=O) groups is 2. The lowest BCUT2D eigenvalue weighted by atomic mass is 9.97. The molecule has 0 aromatic carbocycles. The van der Waals surface area contributed by atoms with E-state index >= 15 is 0 Å². The third kappa shape index (κ3) is 6.06. The SMILES string of the molecule is O=C(NCCC1=CCCCC1)N1CCC(c2nc(C(=O)N3CCN(c4ccccn4)CC3)cs2)CC1. The van der Waals surface area contributed by atoms with Gasteiger partial charge < -0.3 is 20.0 Å². The molecule has 0 atom stereocenters. The molecular weight excluding hydrogens is 472 g/mol. The Kier molecular flexibility index (Phi) is 8.15. The van der Waals surface area contributed by atoms with Crippen molar-refractivity contribution in [2.75, 3.05) is 50.7 Å². The van der Waals surface area contributed by atoms with Crippen LogP contribution in [0.5, 0.6) is 0 Å². The molecule has 8 nitrogen and oxygen atoms in total. The first-order chi connectivity index (χ1) is 17.7. The summed E-state index contributed by atoms with van der Waals surface area (Å²) in [5.41, 5.74) is 2.04. The molecule has 192 valence electrons. The monoisotopic (exact) mass is 508 g/mol. The van der Waals surface area contributed by atoms with Crippen LogP contribution in [-0.2, 0) is 0 Å². The summed E-state index contributed by atoms with van der Waals surface area (Å²) in [6.45, 7) is 5.09. The molecule has 0 unspecified atom stereocenters. The van der Waals surface area contributed by atoms with Gasteiger partial charge in [0.2, 0.25) is 0 Å². The van der Waals surface area contributed by atoms with Crippen molar-refractivity contribution in [3.63, 3.8) is 0 Å². The summed E-state index contributed by atoms with van der Waals surface area (Å²) < 4.78 is 0. The minimum absolute atomic E-state index is 0.0167. The third-order valence-electron chi connectivity index (χ3n) is 7.52. The number of amides is 3. The fourth-order valence-electron chi connectivity index (χ4n) is 5.32. The first-order valence-corrected chi connectivity index (χ1v) is 14.2. The summed E-state index contributed by atoms with van der Waals surface area (Å²) in [6, 6.07) is 5.96. The van der Waals surface area contributed by atoms with E-state index in [2.05, 4.69) is 21.3 Å². The van der Waals surface area contributed by atoms with Crippen molar-refractivity contribution in [2.45, 2.75) is 50.9 Å². The number of nitrogens with one attached hydrogen (secondary N) is 1. The standard InChI is InChI=1S/C27H36N6O2S/c34-26(32-18-16-31(17-19-32)24-8-4-5-12-28-24)23-20-36-25(30-23)22-10-14-33(15-11-22)27(35)29-13-9-21-6-2-1-3-7-21/h4-6,8,12,20,22H,1-3,7,9-11,13-19H2,(H,29,35). The first kappa shape index (κ1) is 24.7. The van der Waals surface area contributed by atoms with Gasteiger partial charge in [0.25, 0.3) is 5.91 Å². The molecule has 1 aliphatic carbocycles. The molecule has 2 aliphatic heterocycles. The van der Waals surface area contributed by atoms with Gasteiger partial charge in [-0.3, -0.25) is 4.79 Å². The maximum Gasteiger partial charge on any atom is 0.317 e. The summed E-state index contributed by atoms with van der Waals surface area (Å²) >= 11 is 1.58. The van der Waals surface area contributed by atoms with Gasteiger partial charge in [-0.2, -0.15) is 0 Å². The number of rotatable bonds is 6. The van der Waals surface area contributed by atoms with Gasteiger partial charge >= 0.3 is 6.03 Å². The smallest absolute Gasteiger partial charge is 0.317 e. The first-order valence-electron chi connectivity index (χ1n) is 13.3. The zero-order chi connectivity index (χ0) is 24.7. The van der Waals surface area contributed by atoms with Crippen LogP contribution in [0.2, 0.25) is 0 Å². The Hall–Kier alpha value is -2.94. The number of hydrogen-bond acceptors (Lipinski definition) is 6. The fourth-order valence-corrected chi connectivity index (χ4v) is 6.28. The topological polar surface area (TPSA) is 81.7 Å². The number of likely N-dealkylation sites (tertiary alicyclic amines) is 1. The predicted molar refractivity (Wildman–Crippen MR) is 143 cm³/mol. The van der Waals surface area contributed by atoms with Crippen molar-refractivity contribution in [3.8, 4) is 0 Å². The Morgan fingerprint density at radius 2 is 1.86 bits per heavy atom. The molecule has 36 heavy (non-hydrogen) atoms. The van der Waals surface area contributed by atoms with E-state index in [9.17, 15) is 9.59 Å². The summed E-state index contributed by atoms with van der Waals surface area (Å²) in [4.78, 5) is 40.8. The zero-order valence-electron chi connectivity index (χ0n) is 20.9. The summed E-state index contributed by atoms with van der Waals surface area (Å²) in [7, 11) is 0. The van der Waals surface area contributed by atoms with Crippen LogP contribution >= 0.6 is 11.3 Å². The predicted octanol–water partition coefficient (Wildman–Crippen LogP) is 4.28. The fraction of sp³-hybridized carbons (Fsp3) is 0.556. The average Bonchev–Trinajstić information content (AvgIpc) is 3.44. The number of piperazine rings is 1. The van der Waals surface area contributed by atoms with Crippen LogP contribution < -0.4 is 10.2 Å². The van der Waals surface area contributed by atoms with Gasteiger partial charge in [0.15, 0.2) is 0 Å². The van der Waals surface area contributed by atoms with E-state index in [4.69, 9.17) is 4.98 Å². The van der Waals surface area contributed by atoms with Crippen molar-refractivity contribution in [1.29, 1.82) is 0 Å². The van der Waals surface area contributed by atoms with E-state index in [0.717, 1.165) is 62.8 Å². The Labute approximate surface area is 217 Å². The molecule has 2 aromatic rings. The van der Waals surface area contributed by atoms with Crippen LogP contribution in [0.3, 0.4) is 0 Å². The average molecular weight is 509 g/mol. The molecule has 3 amide bonds. The number of anilines is 1. The van der Waals surface area contributed by atoms with Crippen molar-refractivity contribution < 1.29 is 9.59 Å². The molecule has 9 heteroatoms. The molecule has 2 saturated heterocycles. The summed E-state index contributed by atoms with van der Waals surface area (Å²) in [5.74, 6) is 1.29. The van der Waals surface area contributed by atoms with E-state index in [-0.39, 0.29) is 11.9 Å². The number of urea groups is 1. The maximum atomic E-state index is 13.1. The lowest BCUT2D eigenvalue weighted by molar-refractivity contribution is 0.0741. The zero-order valence-corrected chi connectivity index (χ0v) is 21.7. The number of piperidine rings is 1. The van der Waals surface area contributed by atoms with Gasteiger partial charge in [-0.15, -0.1) is 11.3 Å². The number of nitrogens with zero attached hydrogens (tertiary/aromatic N) is 5. The van der Waals surface area contributed by atoms with E-state index < -0.39 is 0 Å². The quantitative estimate of drug-likeness (QED) is 0.589. The maximum absolute atomic E-state index is 13.1. The van der Waals surface area contributed by atoms with Crippen LogP contribution in [0, 0.1) is 0 Å². The van der Waals surface area contributed by atoms with Crippen LogP contribution in [0.1, 0.15) is 66.4 Å². The number of pyridine rings is 1. The largest absolute Gasteiger partial charge is 0.353 e. The molecule has 0 spiro atoms. The minimum Gasteiger partial charge on any atom is -0.353 e. The lowest BCUT2D eigenvalue weighted by Gasteiger charge is -2.35. The number of thiazole rings is 1. The molecule has 1 N–H and O–H groups in total.